The standard InChI is InChI=1S/C15H20ClF2NO2/c16-13-7-11(3-6-14(13)21-15(17)18)8-19-12-4-1-10(9-20)2-5-12/h3,6-7,10,12,15,19-20H,1-2,4-5,8-9H2. The van der Waals surface area contributed by atoms with Gasteiger partial charge in [-0.2, -0.15) is 8.78 Å². The minimum absolute atomic E-state index is 0.00105. The lowest BCUT2D eigenvalue weighted by Crippen LogP contribution is -2.33. The van der Waals surface area contributed by atoms with Crippen LogP contribution in [0, 0.1) is 5.92 Å². The molecule has 118 valence electrons. The van der Waals surface area contributed by atoms with Gasteiger partial charge in [-0.1, -0.05) is 17.7 Å². The van der Waals surface area contributed by atoms with Gasteiger partial charge in [-0.05, 0) is 49.3 Å². The van der Waals surface area contributed by atoms with E-state index in [4.69, 9.17) is 16.7 Å². The first-order valence-electron chi connectivity index (χ1n) is 7.16. The van der Waals surface area contributed by atoms with Gasteiger partial charge in [0, 0.05) is 19.2 Å². The van der Waals surface area contributed by atoms with Gasteiger partial charge in [-0.15, -0.1) is 0 Å². The number of nitrogens with one attached hydrogen (secondary N) is 1. The van der Waals surface area contributed by atoms with E-state index < -0.39 is 6.61 Å². The van der Waals surface area contributed by atoms with Crippen LogP contribution in [0.25, 0.3) is 0 Å². The summed E-state index contributed by atoms with van der Waals surface area (Å²) in [5.74, 6) is 0.433. The summed E-state index contributed by atoms with van der Waals surface area (Å²) in [6, 6.07) is 5.28. The maximum absolute atomic E-state index is 12.1. The number of benzene rings is 1. The van der Waals surface area contributed by atoms with Crippen LogP contribution in [-0.4, -0.2) is 24.4 Å². The molecule has 2 rings (SSSR count). The molecule has 1 fully saturated rings. The summed E-state index contributed by atoms with van der Waals surface area (Å²) in [6.07, 6.45) is 4.17. The van der Waals surface area contributed by atoms with E-state index in [9.17, 15) is 8.78 Å². The molecule has 1 aromatic carbocycles. The number of ether oxygens (including phenoxy) is 1. The minimum Gasteiger partial charge on any atom is -0.433 e. The lowest BCUT2D eigenvalue weighted by atomic mass is 9.86. The van der Waals surface area contributed by atoms with Gasteiger partial charge in [0.1, 0.15) is 5.75 Å². The Bertz CT molecular complexity index is 451. The highest BCUT2D eigenvalue weighted by Crippen LogP contribution is 2.27. The van der Waals surface area contributed by atoms with Crippen LogP contribution >= 0.6 is 11.6 Å². The van der Waals surface area contributed by atoms with E-state index in [1.165, 1.54) is 6.07 Å². The normalized spacial score (nSPS) is 22.5. The van der Waals surface area contributed by atoms with Crippen LogP contribution in [0.1, 0.15) is 31.2 Å². The molecule has 21 heavy (non-hydrogen) atoms. The third-order valence-corrected chi connectivity index (χ3v) is 4.21. The highest BCUT2D eigenvalue weighted by Gasteiger charge is 2.20. The smallest absolute Gasteiger partial charge is 0.387 e. The van der Waals surface area contributed by atoms with Crippen molar-refractivity contribution < 1.29 is 18.6 Å². The summed E-state index contributed by atoms with van der Waals surface area (Å²) >= 11 is 5.92. The van der Waals surface area contributed by atoms with Crippen molar-refractivity contribution in [2.24, 2.45) is 5.92 Å². The van der Waals surface area contributed by atoms with E-state index in [-0.39, 0.29) is 17.4 Å². The molecule has 1 aliphatic rings. The summed E-state index contributed by atoms with van der Waals surface area (Å²) < 4.78 is 28.6. The Balaban J connectivity index is 1.82. The van der Waals surface area contributed by atoms with Gasteiger partial charge in [0.25, 0.3) is 0 Å². The molecule has 0 saturated heterocycles. The van der Waals surface area contributed by atoms with E-state index in [1.54, 1.807) is 12.1 Å². The summed E-state index contributed by atoms with van der Waals surface area (Å²) in [4.78, 5) is 0. The van der Waals surface area contributed by atoms with E-state index >= 15 is 0 Å². The Labute approximate surface area is 128 Å². The predicted octanol–water partition coefficient (Wildman–Crippen LogP) is 3.58. The van der Waals surface area contributed by atoms with Crippen molar-refractivity contribution in [2.45, 2.75) is 44.9 Å². The molecule has 0 bridgehead atoms. The van der Waals surface area contributed by atoms with Gasteiger partial charge in [0.2, 0.25) is 0 Å². The summed E-state index contributed by atoms with van der Waals surface area (Å²) in [5.41, 5.74) is 0.936. The molecule has 1 saturated carbocycles. The molecule has 2 N–H and O–H groups in total. The largest absolute Gasteiger partial charge is 0.433 e. The number of aliphatic hydroxyl groups is 1. The molecule has 0 heterocycles. The number of hydrogen-bond donors (Lipinski definition) is 2. The average molecular weight is 320 g/mol. The molecular weight excluding hydrogens is 300 g/mol. The van der Waals surface area contributed by atoms with Crippen molar-refractivity contribution in [2.75, 3.05) is 6.61 Å². The third-order valence-electron chi connectivity index (χ3n) is 3.91. The molecule has 3 nitrogen and oxygen atoms in total. The molecule has 6 heteroatoms. The number of rotatable bonds is 6. The van der Waals surface area contributed by atoms with Crippen LogP contribution in [0.4, 0.5) is 8.78 Å². The Morgan fingerprint density at radius 1 is 1.29 bits per heavy atom. The first kappa shape index (κ1) is 16.5. The summed E-state index contributed by atoms with van der Waals surface area (Å²) in [6.45, 7) is -1.95. The zero-order valence-corrected chi connectivity index (χ0v) is 12.5. The van der Waals surface area contributed by atoms with Gasteiger partial charge >= 0.3 is 6.61 Å². The van der Waals surface area contributed by atoms with Crippen LogP contribution in [0.15, 0.2) is 18.2 Å². The Morgan fingerprint density at radius 2 is 2.00 bits per heavy atom. The first-order chi connectivity index (χ1) is 10.1. The highest BCUT2D eigenvalue weighted by molar-refractivity contribution is 6.32. The lowest BCUT2D eigenvalue weighted by Gasteiger charge is -2.28. The second-order valence-electron chi connectivity index (χ2n) is 5.42. The van der Waals surface area contributed by atoms with Crippen LogP contribution in [-0.2, 0) is 6.54 Å². The number of hydrogen-bond acceptors (Lipinski definition) is 3. The molecule has 0 unspecified atom stereocenters. The quantitative estimate of drug-likeness (QED) is 0.842. The molecular formula is C15H20ClF2NO2. The minimum atomic E-state index is -2.87. The SMILES string of the molecule is OCC1CCC(NCc2ccc(OC(F)F)c(Cl)c2)CC1. The van der Waals surface area contributed by atoms with E-state index in [0.717, 1.165) is 31.2 Å². The fourth-order valence-corrected chi connectivity index (χ4v) is 2.90. The summed E-state index contributed by atoms with van der Waals surface area (Å²) in [7, 11) is 0. The van der Waals surface area contributed by atoms with Gasteiger partial charge in [-0.25, -0.2) is 0 Å². The average Bonchev–Trinajstić information content (AvgIpc) is 2.48. The monoisotopic (exact) mass is 319 g/mol. The second kappa shape index (κ2) is 7.92. The maximum Gasteiger partial charge on any atom is 0.387 e. The first-order valence-corrected chi connectivity index (χ1v) is 7.53. The van der Waals surface area contributed by atoms with Crippen molar-refractivity contribution in [1.29, 1.82) is 0 Å². The number of aliphatic hydroxyl groups excluding tert-OH is 1. The molecule has 1 aliphatic carbocycles. The molecule has 1 aromatic rings. The Hall–Kier alpha value is -0.910. The molecule has 0 amide bonds. The predicted molar refractivity (Wildman–Crippen MR) is 77.8 cm³/mol. The van der Waals surface area contributed by atoms with Crippen LogP contribution < -0.4 is 10.1 Å². The third kappa shape index (κ3) is 5.09. The van der Waals surface area contributed by atoms with Crippen molar-refractivity contribution in [1.82, 2.24) is 5.32 Å². The zero-order valence-electron chi connectivity index (χ0n) is 11.7. The topological polar surface area (TPSA) is 41.5 Å². The van der Waals surface area contributed by atoms with Crippen molar-refractivity contribution in [3.63, 3.8) is 0 Å². The lowest BCUT2D eigenvalue weighted by molar-refractivity contribution is -0.0497. The van der Waals surface area contributed by atoms with Crippen molar-refractivity contribution in [3.05, 3.63) is 28.8 Å². The van der Waals surface area contributed by atoms with Crippen molar-refractivity contribution >= 4 is 11.6 Å². The van der Waals surface area contributed by atoms with E-state index in [2.05, 4.69) is 10.1 Å². The van der Waals surface area contributed by atoms with Crippen LogP contribution in [0.3, 0.4) is 0 Å². The van der Waals surface area contributed by atoms with Gasteiger partial charge < -0.3 is 15.2 Å². The second-order valence-corrected chi connectivity index (χ2v) is 5.83. The maximum atomic E-state index is 12.1. The molecule has 0 spiro atoms. The molecule has 0 radical (unpaired) electrons. The van der Waals surface area contributed by atoms with Crippen LogP contribution in [0.2, 0.25) is 5.02 Å². The fraction of sp³-hybridized carbons (Fsp3) is 0.600. The fourth-order valence-electron chi connectivity index (χ4n) is 2.66. The van der Waals surface area contributed by atoms with Gasteiger partial charge in [0.05, 0.1) is 5.02 Å². The van der Waals surface area contributed by atoms with Crippen molar-refractivity contribution in [3.8, 4) is 5.75 Å². The Morgan fingerprint density at radius 3 is 2.57 bits per heavy atom. The number of alkyl halides is 2. The van der Waals surface area contributed by atoms with Crippen LogP contribution in [0.5, 0.6) is 5.75 Å². The summed E-state index contributed by atoms with van der Waals surface area (Å²) in [5, 5.41) is 12.7. The zero-order chi connectivity index (χ0) is 15.2. The van der Waals surface area contributed by atoms with E-state index in [1.807, 2.05) is 0 Å². The number of halogens is 3. The molecule has 0 aromatic heterocycles. The van der Waals surface area contributed by atoms with E-state index in [0.29, 0.717) is 18.5 Å². The molecule has 0 aliphatic heterocycles. The van der Waals surface area contributed by atoms with Gasteiger partial charge in [0.15, 0.2) is 0 Å². The Kier molecular flexibility index (Phi) is 6.21. The van der Waals surface area contributed by atoms with Gasteiger partial charge in [-0.3, -0.25) is 0 Å². The molecule has 0 atom stereocenters. The highest BCUT2D eigenvalue weighted by atomic mass is 35.5.